The molecule has 0 aliphatic carbocycles. The van der Waals surface area contributed by atoms with E-state index in [1.54, 1.807) is 23.7 Å². The van der Waals surface area contributed by atoms with Gasteiger partial charge in [0.05, 0.1) is 10.2 Å². The smallest absolute Gasteiger partial charge is 0.303 e. The summed E-state index contributed by atoms with van der Waals surface area (Å²) in [5, 5.41) is 9.83. The molecule has 3 rings (SSSR count). The molecule has 3 aromatic rings. The molecule has 1 N–H and O–H groups in total. The van der Waals surface area contributed by atoms with E-state index in [2.05, 4.69) is 9.97 Å². The average Bonchev–Trinajstić information content (AvgIpc) is 2.96. The Kier molecular flexibility index (Phi) is 4.25. The number of nitrogens with zero attached hydrogens (tertiary/aromatic N) is 2. The Morgan fingerprint density at radius 2 is 2.05 bits per heavy atom. The number of carbonyl (C=O) groups is 1. The summed E-state index contributed by atoms with van der Waals surface area (Å²) in [6.07, 6.45) is 5.97. The van der Waals surface area contributed by atoms with Gasteiger partial charge in [0.2, 0.25) is 0 Å². The van der Waals surface area contributed by atoms with E-state index in [9.17, 15) is 4.79 Å². The molecule has 2 heterocycles. The molecule has 110 valence electrons. The third-order valence-corrected chi connectivity index (χ3v) is 4.31. The maximum atomic E-state index is 10.9. The molecule has 0 saturated carbocycles. The third-order valence-electron chi connectivity index (χ3n) is 3.20. The number of benzene rings is 1. The first-order valence-electron chi connectivity index (χ1n) is 6.91. The highest BCUT2D eigenvalue weighted by Gasteiger charge is 2.11. The number of rotatable bonds is 5. The molecule has 0 unspecified atom stereocenters. The van der Waals surface area contributed by atoms with Gasteiger partial charge in [0, 0.05) is 18.8 Å². The van der Waals surface area contributed by atoms with E-state index in [4.69, 9.17) is 5.11 Å². The summed E-state index contributed by atoms with van der Waals surface area (Å²) < 4.78 is 1.10. The van der Waals surface area contributed by atoms with E-state index >= 15 is 0 Å². The summed E-state index contributed by atoms with van der Waals surface area (Å²) in [6, 6.07) is 11.7. The standard InChI is InChI=1S/C17H14N2O2S/c20-16(21)8-7-13(10-12-4-3-9-18-11-12)17-19-14-5-1-2-6-15(14)22-17/h1-6,9-11H,7-8H2,(H,20,21)/b13-10-. The Morgan fingerprint density at radius 1 is 1.18 bits per heavy atom. The molecule has 0 spiro atoms. The summed E-state index contributed by atoms with van der Waals surface area (Å²) in [5.74, 6) is -0.807. The molecule has 0 atom stereocenters. The first-order valence-corrected chi connectivity index (χ1v) is 7.72. The predicted octanol–water partition coefficient (Wildman–Crippen LogP) is 4.10. The highest BCUT2D eigenvalue weighted by atomic mass is 32.1. The molecular weight excluding hydrogens is 296 g/mol. The van der Waals surface area contributed by atoms with E-state index in [1.165, 1.54) is 0 Å². The van der Waals surface area contributed by atoms with Gasteiger partial charge in [0.15, 0.2) is 0 Å². The van der Waals surface area contributed by atoms with Crippen LogP contribution in [0.1, 0.15) is 23.4 Å². The van der Waals surface area contributed by atoms with Gasteiger partial charge < -0.3 is 5.11 Å². The van der Waals surface area contributed by atoms with Crippen molar-refractivity contribution in [2.24, 2.45) is 0 Å². The first-order chi connectivity index (χ1) is 10.7. The Labute approximate surface area is 131 Å². The van der Waals surface area contributed by atoms with Gasteiger partial charge in [-0.3, -0.25) is 9.78 Å². The molecule has 0 amide bonds. The molecule has 5 heteroatoms. The highest BCUT2D eigenvalue weighted by molar-refractivity contribution is 7.19. The lowest BCUT2D eigenvalue weighted by Crippen LogP contribution is -1.95. The molecule has 0 bridgehead atoms. The number of carboxylic acids is 1. The van der Waals surface area contributed by atoms with Crippen LogP contribution in [0.25, 0.3) is 21.9 Å². The van der Waals surface area contributed by atoms with Gasteiger partial charge >= 0.3 is 5.97 Å². The summed E-state index contributed by atoms with van der Waals surface area (Å²) in [5.41, 5.74) is 2.81. The van der Waals surface area contributed by atoms with Crippen molar-refractivity contribution in [1.29, 1.82) is 0 Å². The Morgan fingerprint density at radius 3 is 2.77 bits per heavy atom. The van der Waals surface area contributed by atoms with Crippen molar-refractivity contribution in [3.63, 3.8) is 0 Å². The van der Waals surface area contributed by atoms with Gasteiger partial charge in [-0.15, -0.1) is 11.3 Å². The molecule has 1 aromatic carbocycles. The maximum absolute atomic E-state index is 10.9. The van der Waals surface area contributed by atoms with Crippen molar-refractivity contribution >= 4 is 39.2 Å². The van der Waals surface area contributed by atoms with Crippen LogP contribution < -0.4 is 0 Å². The van der Waals surface area contributed by atoms with Crippen LogP contribution in [0, 0.1) is 0 Å². The number of aromatic nitrogens is 2. The van der Waals surface area contributed by atoms with Crippen molar-refractivity contribution in [3.8, 4) is 0 Å². The van der Waals surface area contributed by atoms with E-state index in [0.29, 0.717) is 6.42 Å². The quantitative estimate of drug-likeness (QED) is 0.770. The molecule has 0 fully saturated rings. The van der Waals surface area contributed by atoms with E-state index in [-0.39, 0.29) is 6.42 Å². The fourth-order valence-electron chi connectivity index (χ4n) is 2.15. The van der Waals surface area contributed by atoms with Crippen LogP contribution in [-0.2, 0) is 4.79 Å². The fourth-order valence-corrected chi connectivity index (χ4v) is 3.16. The van der Waals surface area contributed by atoms with Crippen molar-refractivity contribution in [1.82, 2.24) is 9.97 Å². The van der Waals surface area contributed by atoms with E-state index < -0.39 is 5.97 Å². The van der Waals surface area contributed by atoms with Crippen LogP contribution in [0.2, 0.25) is 0 Å². The Balaban J connectivity index is 2.00. The second kappa shape index (κ2) is 6.49. The Bertz CT molecular complexity index is 792. The predicted molar refractivity (Wildman–Crippen MR) is 88.6 cm³/mol. The van der Waals surface area contributed by atoms with Gasteiger partial charge in [-0.05, 0) is 41.8 Å². The van der Waals surface area contributed by atoms with Crippen LogP contribution in [0.5, 0.6) is 0 Å². The van der Waals surface area contributed by atoms with Crippen LogP contribution in [-0.4, -0.2) is 21.0 Å². The maximum Gasteiger partial charge on any atom is 0.303 e. The van der Waals surface area contributed by atoms with Gasteiger partial charge in [-0.25, -0.2) is 4.98 Å². The number of pyridine rings is 1. The van der Waals surface area contributed by atoms with Crippen molar-refractivity contribution in [2.75, 3.05) is 0 Å². The van der Waals surface area contributed by atoms with Crippen LogP contribution in [0.15, 0.2) is 48.8 Å². The van der Waals surface area contributed by atoms with Crippen molar-refractivity contribution in [3.05, 3.63) is 59.4 Å². The number of para-hydroxylation sites is 1. The van der Waals surface area contributed by atoms with Gasteiger partial charge in [-0.1, -0.05) is 18.2 Å². The molecular formula is C17H14N2O2S. The van der Waals surface area contributed by atoms with Crippen LogP contribution >= 0.6 is 11.3 Å². The number of aliphatic carboxylic acids is 1. The zero-order chi connectivity index (χ0) is 15.4. The zero-order valence-electron chi connectivity index (χ0n) is 11.8. The summed E-state index contributed by atoms with van der Waals surface area (Å²) in [6.45, 7) is 0. The summed E-state index contributed by atoms with van der Waals surface area (Å²) in [7, 11) is 0. The number of carboxylic acid groups (broad SMARTS) is 1. The van der Waals surface area contributed by atoms with Gasteiger partial charge in [0.25, 0.3) is 0 Å². The van der Waals surface area contributed by atoms with Gasteiger partial charge in [-0.2, -0.15) is 0 Å². The second-order valence-electron chi connectivity index (χ2n) is 4.84. The number of thiazole rings is 1. The number of allylic oxidation sites excluding steroid dienone is 1. The minimum atomic E-state index is -0.807. The first kappa shape index (κ1) is 14.4. The Hall–Kier alpha value is -2.53. The van der Waals surface area contributed by atoms with Crippen molar-refractivity contribution in [2.45, 2.75) is 12.8 Å². The lowest BCUT2D eigenvalue weighted by atomic mass is 10.1. The van der Waals surface area contributed by atoms with Crippen LogP contribution in [0.4, 0.5) is 0 Å². The van der Waals surface area contributed by atoms with Gasteiger partial charge in [0.1, 0.15) is 5.01 Å². The minimum absolute atomic E-state index is 0.0853. The van der Waals surface area contributed by atoms with Crippen LogP contribution in [0.3, 0.4) is 0 Å². The molecule has 0 radical (unpaired) electrons. The highest BCUT2D eigenvalue weighted by Crippen LogP contribution is 2.30. The topological polar surface area (TPSA) is 63.1 Å². The van der Waals surface area contributed by atoms with E-state index in [1.807, 2.05) is 42.5 Å². The average molecular weight is 310 g/mol. The lowest BCUT2D eigenvalue weighted by Gasteiger charge is -2.02. The number of fused-ring (bicyclic) bond motifs is 1. The monoisotopic (exact) mass is 310 g/mol. The lowest BCUT2D eigenvalue weighted by molar-refractivity contribution is -0.136. The zero-order valence-corrected chi connectivity index (χ0v) is 12.6. The molecule has 22 heavy (non-hydrogen) atoms. The fraction of sp³-hybridized carbons (Fsp3) is 0.118. The SMILES string of the molecule is O=C(O)CC/C(=C/c1cccnc1)c1nc2ccccc2s1. The number of hydrogen-bond acceptors (Lipinski definition) is 4. The molecule has 4 nitrogen and oxygen atoms in total. The molecule has 0 saturated heterocycles. The number of hydrogen-bond donors (Lipinski definition) is 1. The van der Waals surface area contributed by atoms with Crippen molar-refractivity contribution < 1.29 is 9.90 Å². The minimum Gasteiger partial charge on any atom is -0.481 e. The molecule has 0 aliphatic heterocycles. The molecule has 2 aromatic heterocycles. The summed E-state index contributed by atoms with van der Waals surface area (Å²) >= 11 is 1.58. The third kappa shape index (κ3) is 3.38. The van der Waals surface area contributed by atoms with E-state index in [0.717, 1.165) is 26.4 Å². The largest absolute Gasteiger partial charge is 0.481 e. The summed E-state index contributed by atoms with van der Waals surface area (Å²) in [4.78, 5) is 19.6. The second-order valence-corrected chi connectivity index (χ2v) is 5.87. The normalized spacial score (nSPS) is 11.7. The molecule has 0 aliphatic rings.